The lowest BCUT2D eigenvalue weighted by atomic mass is 10.1. The lowest BCUT2D eigenvalue weighted by Crippen LogP contribution is -2.35. The topological polar surface area (TPSA) is 59.8 Å². The highest BCUT2D eigenvalue weighted by Gasteiger charge is 2.17. The largest absolute Gasteiger partial charge is 0.359 e. The monoisotopic (exact) mass is 272 g/mol. The van der Waals surface area contributed by atoms with Gasteiger partial charge in [-0.2, -0.15) is 0 Å². The molecule has 1 atom stereocenters. The summed E-state index contributed by atoms with van der Waals surface area (Å²) in [5, 5.41) is 3.17. The Morgan fingerprint density at radius 3 is 2.45 bits per heavy atom. The van der Waals surface area contributed by atoms with Crippen molar-refractivity contribution in [1.29, 1.82) is 0 Å². The van der Waals surface area contributed by atoms with E-state index < -0.39 is 0 Å². The molecule has 0 saturated heterocycles. The minimum Gasteiger partial charge on any atom is -0.359 e. The Bertz CT molecular complexity index is 628. The van der Waals surface area contributed by atoms with E-state index in [0.717, 1.165) is 5.56 Å². The van der Waals surface area contributed by atoms with E-state index >= 15 is 0 Å². The van der Waals surface area contributed by atoms with Crippen molar-refractivity contribution in [1.82, 2.24) is 14.5 Å². The van der Waals surface area contributed by atoms with Crippen LogP contribution in [0.3, 0.4) is 0 Å². The van der Waals surface area contributed by atoms with Gasteiger partial charge in [-0.3, -0.25) is 9.78 Å². The number of pyridine rings is 1. The van der Waals surface area contributed by atoms with Gasteiger partial charge in [0.15, 0.2) is 5.82 Å². The summed E-state index contributed by atoms with van der Waals surface area (Å²) in [6, 6.07) is 3.83. The standard InChI is InChI=1S/C15H20N4O/c1-11(12-5-7-16-8-6-12)18-13-14(20)19(10-9-17-13)15(2,3)4/h5-11H,1-4H3,(H,17,18). The maximum atomic E-state index is 12.4. The molecule has 0 aliphatic carbocycles. The average Bonchev–Trinajstić information content (AvgIpc) is 2.40. The molecule has 2 rings (SSSR count). The van der Waals surface area contributed by atoms with E-state index in [1.54, 1.807) is 29.4 Å². The Kier molecular flexibility index (Phi) is 3.88. The van der Waals surface area contributed by atoms with Crippen LogP contribution in [0.2, 0.25) is 0 Å². The van der Waals surface area contributed by atoms with Crippen LogP contribution in [0, 0.1) is 0 Å². The molecule has 106 valence electrons. The number of nitrogens with one attached hydrogen (secondary N) is 1. The van der Waals surface area contributed by atoms with Gasteiger partial charge in [0.25, 0.3) is 5.56 Å². The predicted molar refractivity (Wildman–Crippen MR) is 79.8 cm³/mol. The molecule has 1 N–H and O–H groups in total. The molecule has 0 spiro atoms. The first-order valence-electron chi connectivity index (χ1n) is 6.64. The minimum atomic E-state index is -0.268. The Morgan fingerprint density at radius 1 is 1.20 bits per heavy atom. The number of aromatic nitrogens is 3. The zero-order valence-electron chi connectivity index (χ0n) is 12.3. The van der Waals surface area contributed by atoms with Crippen molar-refractivity contribution >= 4 is 5.82 Å². The first-order chi connectivity index (χ1) is 9.39. The fraction of sp³-hybridized carbons (Fsp3) is 0.400. The van der Waals surface area contributed by atoms with Crippen LogP contribution in [0.5, 0.6) is 0 Å². The Labute approximate surface area is 118 Å². The molecule has 0 fully saturated rings. The van der Waals surface area contributed by atoms with Crippen molar-refractivity contribution in [2.75, 3.05) is 5.32 Å². The molecule has 2 aromatic rings. The van der Waals surface area contributed by atoms with E-state index in [9.17, 15) is 4.79 Å². The van der Waals surface area contributed by atoms with E-state index in [1.165, 1.54) is 0 Å². The smallest absolute Gasteiger partial charge is 0.293 e. The van der Waals surface area contributed by atoms with Crippen LogP contribution in [0.25, 0.3) is 0 Å². The highest BCUT2D eigenvalue weighted by Crippen LogP contribution is 2.16. The van der Waals surface area contributed by atoms with Crippen LogP contribution in [0.15, 0.2) is 41.7 Å². The van der Waals surface area contributed by atoms with Gasteiger partial charge >= 0.3 is 0 Å². The quantitative estimate of drug-likeness (QED) is 0.933. The summed E-state index contributed by atoms with van der Waals surface area (Å²) in [6.45, 7) is 7.96. The van der Waals surface area contributed by atoms with Gasteiger partial charge < -0.3 is 9.88 Å². The molecular formula is C15H20N4O. The molecule has 0 aromatic carbocycles. The molecule has 0 bridgehead atoms. The van der Waals surface area contributed by atoms with Crippen molar-refractivity contribution in [3.63, 3.8) is 0 Å². The minimum absolute atomic E-state index is 0.00554. The summed E-state index contributed by atoms with van der Waals surface area (Å²) >= 11 is 0. The first kappa shape index (κ1) is 14.2. The Balaban J connectivity index is 2.29. The van der Waals surface area contributed by atoms with Gasteiger partial charge in [-0.15, -0.1) is 0 Å². The van der Waals surface area contributed by atoms with Crippen LogP contribution in [0.4, 0.5) is 5.82 Å². The van der Waals surface area contributed by atoms with Gasteiger partial charge in [0.2, 0.25) is 0 Å². The van der Waals surface area contributed by atoms with Gasteiger partial charge in [0, 0.05) is 30.3 Å². The van der Waals surface area contributed by atoms with E-state index in [-0.39, 0.29) is 17.1 Å². The maximum absolute atomic E-state index is 12.4. The Morgan fingerprint density at radius 2 is 1.85 bits per heavy atom. The second-order valence-corrected chi connectivity index (χ2v) is 5.77. The predicted octanol–water partition coefficient (Wildman–Crippen LogP) is 2.57. The molecule has 2 aromatic heterocycles. The molecule has 0 saturated carbocycles. The average molecular weight is 272 g/mol. The molecule has 0 aliphatic rings. The van der Waals surface area contributed by atoms with Crippen LogP contribution in [-0.4, -0.2) is 14.5 Å². The summed E-state index contributed by atoms with van der Waals surface area (Å²) in [5.41, 5.74) is 0.685. The van der Waals surface area contributed by atoms with Gasteiger partial charge in [-0.25, -0.2) is 4.98 Å². The normalized spacial score (nSPS) is 13.0. The lowest BCUT2D eigenvalue weighted by Gasteiger charge is -2.23. The van der Waals surface area contributed by atoms with Crippen molar-refractivity contribution in [3.05, 3.63) is 52.8 Å². The zero-order valence-corrected chi connectivity index (χ0v) is 12.3. The third-order valence-corrected chi connectivity index (χ3v) is 3.12. The van der Waals surface area contributed by atoms with Crippen LogP contribution >= 0.6 is 0 Å². The highest BCUT2D eigenvalue weighted by atomic mass is 16.1. The Hall–Kier alpha value is -2.17. The molecule has 0 aliphatic heterocycles. The first-order valence-corrected chi connectivity index (χ1v) is 6.64. The summed E-state index contributed by atoms with van der Waals surface area (Å²) in [6.07, 6.45) is 6.83. The molecule has 1 unspecified atom stereocenters. The number of anilines is 1. The van der Waals surface area contributed by atoms with Crippen molar-refractivity contribution in [2.24, 2.45) is 0 Å². The van der Waals surface area contributed by atoms with Crippen molar-refractivity contribution in [3.8, 4) is 0 Å². The molecule has 20 heavy (non-hydrogen) atoms. The van der Waals surface area contributed by atoms with E-state index in [2.05, 4.69) is 15.3 Å². The molecule has 2 heterocycles. The fourth-order valence-electron chi connectivity index (χ4n) is 1.98. The summed E-state index contributed by atoms with van der Waals surface area (Å²) < 4.78 is 1.68. The van der Waals surface area contributed by atoms with Crippen LogP contribution < -0.4 is 10.9 Å². The van der Waals surface area contributed by atoms with E-state index in [0.29, 0.717) is 5.82 Å². The second kappa shape index (κ2) is 5.45. The number of hydrogen-bond acceptors (Lipinski definition) is 4. The highest BCUT2D eigenvalue weighted by molar-refractivity contribution is 5.35. The van der Waals surface area contributed by atoms with Crippen molar-refractivity contribution in [2.45, 2.75) is 39.3 Å². The van der Waals surface area contributed by atoms with Gasteiger partial charge in [-0.1, -0.05) is 0 Å². The van der Waals surface area contributed by atoms with Crippen LogP contribution in [0.1, 0.15) is 39.3 Å². The molecule has 5 nitrogen and oxygen atoms in total. The summed E-state index contributed by atoms with van der Waals surface area (Å²) in [7, 11) is 0. The second-order valence-electron chi connectivity index (χ2n) is 5.77. The maximum Gasteiger partial charge on any atom is 0.293 e. The van der Waals surface area contributed by atoms with Gasteiger partial charge in [0.05, 0.1) is 6.04 Å². The SMILES string of the molecule is CC(Nc1nccn(C(C)(C)C)c1=O)c1ccncc1. The van der Waals surface area contributed by atoms with Crippen LogP contribution in [-0.2, 0) is 5.54 Å². The molecule has 0 radical (unpaired) electrons. The number of nitrogens with zero attached hydrogens (tertiary/aromatic N) is 3. The molecule has 0 amide bonds. The van der Waals surface area contributed by atoms with Gasteiger partial charge in [-0.05, 0) is 45.4 Å². The van der Waals surface area contributed by atoms with Gasteiger partial charge in [0.1, 0.15) is 0 Å². The van der Waals surface area contributed by atoms with Crippen molar-refractivity contribution < 1.29 is 0 Å². The third kappa shape index (κ3) is 3.04. The molecule has 5 heteroatoms. The van der Waals surface area contributed by atoms with E-state index in [4.69, 9.17) is 0 Å². The summed E-state index contributed by atoms with van der Waals surface area (Å²) in [4.78, 5) is 20.6. The lowest BCUT2D eigenvalue weighted by molar-refractivity contribution is 0.383. The number of hydrogen-bond donors (Lipinski definition) is 1. The zero-order chi connectivity index (χ0) is 14.8. The number of rotatable bonds is 3. The summed E-state index contributed by atoms with van der Waals surface area (Å²) in [5.74, 6) is 0.367. The fourth-order valence-corrected chi connectivity index (χ4v) is 1.98. The third-order valence-electron chi connectivity index (χ3n) is 3.12. The van der Waals surface area contributed by atoms with E-state index in [1.807, 2.05) is 39.8 Å². The molecular weight excluding hydrogens is 252 g/mol.